The van der Waals surface area contributed by atoms with E-state index in [9.17, 15) is 0 Å². The molecule has 14 heavy (non-hydrogen) atoms. The van der Waals surface area contributed by atoms with Crippen molar-refractivity contribution in [3.8, 4) is 0 Å². The van der Waals surface area contributed by atoms with Crippen LogP contribution in [0, 0.1) is 6.92 Å². The van der Waals surface area contributed by atoms with Crippen LogP contribution < -0.4 is 0 Å². The summed E-state index contributed by atoms with van der Waals surface area (Å²) in [7, 11) is 0. The molecule has 0 aliphatic rings. The van der Waals surface area contributed by atoms with Crippen LogP contribution >= 0.6 is 0 Å². The first kappa shape index (κ1) is 13.8. The highest BCUT2D eigenvalue weighted by Gasteiger charge is 2.06. The van der Waals surface area contributed by atoms with E-state index in [2.05, 4.69) is 6.92 Å². The van der Waals surface area contributed by atoms with Gasteiger partial charge in [-0.15, -0.1) is 0 Å². The molecule has 0 amide bonds. The van der Waals surface area contributed by atoms with Crippen molar-refractivity contribution in [2.75, 3.05) is 39.6 Å². The summed E-state index contributed by atoms with van der Waals surface area (Å²) in [6, 6.07) is 0. The molecule has 0 rings (SSSR count). The van der Waals surface area contributed by atoms with Gasteiger partial charge in [-0.3, -0.25) is 0 Å². The van der Waals surface area contributed by atoms with Gasteiger partial charge in [0.25, 0.3) is 0 Å². The first-order chi connectivity index (χ1) is 6.85. The fraction of sp³-hybridized carbons (Fsp3) is 0.900. The molecule has 0 heterocycles. The summed E-state index contributed by atoms with van der Waals surface area (Å²) in [6.45, 7) is 10.7. The Hall–Kier alpha value is -0.160. The largest absolute Gasteiger partial charge is 0.379 e. The molecule has 4 heteroatoms. The van der Waals surface area contributed by atoms with Gasteiger partial charge in [-0.25, -0.2) is 0 Å². The van der Waals surface area contributed by atoms with Crippen molar-refractivity contribution < 1.29 is 18.9 Å². The van der Waals surface area contributed by atoms with Crippen LogP contribution in [0.15, 0.2) is 0 Å². The molecular weight excluding hydrogens is 184 g/mol. The molecule has 0 fully saturated rings. The SMILES string of the molecule is [CH2]COCCOCC(OCC)OCC. The van der Waals surface area contributed by atoms with Crippen molar-refractivity contribution in [3.05, 3.63) is 6.92 Å². The Balaban J connectivity index is 3.30. The number of hydrogen-bond donors (Lipinski definition) is 0. The number of ether oxygens (including phenoxy) is 4. The maximum Gasteiger partial charge on any atom is 0.180 e. The lowest BCUT2D eigenvalue weighted by molar-refractivity contribution is -0.169. The van der Waals surface area contributed by atoms with Crippen molar-refractivity contribution >= 4 is 0 Å². The minimum atomic E-state index is -0.259. The molecule has 85 valence electrons. The second-order valence-electron chi connectivity index (χ2n) is 2.53. The van der Waals surface area contributed by atoms with Crippen molar-refractivity contribution in [2.24, 2.45) is 0 Å². The van der Waals surface area contributed by atoms with Gasteiger partial charge in [-0.2, -0.15) is 0 Å². The Morgan fingerprint density at radius 2 is 1.57 bits per heavy atom. The third kappa shape index (κ3) is 8.44. The van der Waals surface area contributed by atoms with Gasteiger partial charge in [0, 0.05) is 19.8 Å². The Bertz CT molecular complexity index is 102. The Morgan fingerprint density at radius 1 is 1.00 bits per heavy atom. The third-order valence-electron chi connectivity index (χ3n) is 1.48. The van der Waals surface area contributed by atoms with Gasteiger partial charge in [-0.1, -0.05) is 0 Å². The van der Waals surface area contributed by atoms with Gasteiger partial charge in [0.05, 0.1) is 19.8 Å². The second-order valence-corrected chi connectivity index (χ2v) is 2.53. The van der Waals surface area contributed by atoms with Crippen LogP contribution in [-0.4, -0.2) is 45.9 Å². The molecule has 0 aromatic rings. The van der Waals surface area contributed by atoms with Gasteiger partial charge in [0.2, 0.25) is 0 Å². The Labute approximate surface area is 86.5 Å². The van der Waals surface area contributed by atoms with E-state index in [1.807, 2.05) is 13.8 Å². The van der Waals surface area contributed by atoms with E-state index in [1.54, 1.807) is 0 Å². The molecule has 0 saturated heterocycles. The van der Waals surface area contributed by atoms with E-state index in [-0.39, 0.29) is 6.29 Å². The summed E-state index contributed by atoms with van der Waals surface area (Å²) in [5.74, 6) is 0. The highest BCUT2D eigenvalue weighted by atomic mass is 16.7. The minimum absolute atomic E-state index is 0.259. The van der Waals surface area contributed by atoms with Gasteiger partial charge < -0.3 is 18.9 Å². The lowest BCUT2D eigenvalue weighted by Crippen LogP contribution is -2.24. The molecule has 0 aromatic heterocycles. The monoisotopic (exact) mass is 205 g/mol. The molecular formula is C10H21O4. The first-order valence-electron chi connectivity index (χ1n) is 5.03. The Morgan fingerprint density at radius 3 is 2.07 bits per heavy atom. The lowest BCUT2D eigenvalue weighted by atomic mass is 10.6. The zero-order chi connectivity index (χ0) is 10.6. The minimum Gasteiger partial charge on any atom is -0.379 e. The van der Waals surface area contributed by atoms with E-state index in [0.29, 0.717) is 39.6 Å². The van der Waals surface area contributed by atoms with Crippen molar-refractivity contribution in [3.63, 3.8) is 0 Å². The quantitative estimate of drug-likeness (QED) is 0.397. The molecule has 0 bridgehead atoms. The van der Waals surface area contributed by atoms with Crippen molar-refractivity contribution in [1.29, 1.82) is 0 Å². The topological polar surface area (TPSA) is 36.9 Å². The van der Waals surface area contributed by atoms with Crippen molar-refractivity contribution in [2.45, 2.75) is 20.1 Å². The lowest BCUT2D eigenvalue weighted by Gasteiger charge is -2.16. The van der Waals surface area contributed by atoms with Crippen LogP contribution in [0.5, 0.6) is 0 Å². The van der Waals surface area contributed by atoms with Crippen LogP contribution in [0.25, 0.3) is 0 Å². The normalized spacial score (nSPS) is 11.1. The average molecular weight is 205 g/mol. The molecule has 0 N–H and O–H groups in total. The highest BCUT2D eigenvalue weighted by molar-refractivity contribution is 4.41. The maximum atomic E-state index is 5.30. The zero-order valence-electron chi connectivity index (χ0n) is 9.16. The van der Waals surface area contributed by atoms with Crippen LogP contribution in [0.2, 0.25) is 0 Å². The predicted molar refractivity (Wildman–Crippen MR) is 54.0 cm³/mol. The van der Waals surface area contributed by atoms with E-state index >= 15 is 0 Å². The van der Waals surface area contributed by atoms with E-state index in [0.717, 1.165) is 0 Å². The molecule has 0 spiro atoms. The zero-order valence-corrected chi connectivity index (χ0v) is 9.16. The summed E-state index contributed by atoms with van der Waals surface area (Å²) in [5, 5.41) is 0. The molecule has 1 radical (unpaired) electrons. The molecule has 0 aliphatic heterocycles. The summed E-state index contributed by atoms with van der Waals surface area (Å²) < 4.78 is 20.9. The smallest absolute Gasteiger partial charge is 0.180 e. The highest BCUT2D eigenvalue weighted by Crippen LogP contribution is 1.96. The summed E-state index contributed by atoms with van der Waals surface area (Å²) in [4.78, 5) is 0. The predicted octanol–water partition coefficient (Wildman–Crippen LogP) is 1.25. The van der Waals surface area contributed by atoms with Crippen LogP contribution in [0.1, 0.15) is 13.8 Å². The molecule has 0 saturated carbocycles. The fourth-order valence-corrected chi connectivity index (χ4v) is 0.916. The van der Waals surface area contributed by atoms with Crippen molar-refractivity contribution in [1.82, 2.24) is 0 Å². The van der Waals surface area contributed by atoms with E-state index in [4.69, 9.17) is 18.9 Å². The molecule has 0 aliphatic carbocycles. The fourth-order valence-electron chi connectivity index (χ4n) is 0.916. The number of rotatable bonds is 10. The average Bonchev–Trinajstić information content (AvgIpc) is 2.18. The molecule has 0 unspecified atom stereocenters. The maximum absolute atomic E-state index is 5.30. The summed E-state index contributed by atoms with van der Waals surface area (Å²) in [6.07, 6.45) is -0.259. The van der Waals surface area contributed by atoms with Crippen LogP contribution in [0.3, 0.4) is 0 Å². The molecule has 0 atom stereocenters. The first-order valence-corrected chi connectivity index (χ1v) is 5.03. The Kier molecular flexibility index (Phi) is 10.8. The van der Waals surface area contributed by atoms with Crippen LogP contribution in [0.4, 0.5) is 0 Å². The molecule has 4 nitrogen and oxygen atoms in total. The van der Waals surface area contributed by atoms with Gasteiger partial charge in [0.15, 0.2) is 6.29 Å². The summed E-state index contributed by atoms with van der Waals surface area (Å²) >= 11 is 0. The van der Waals surface area contributed by atoms with Crippen LogP contribution in [-0.2, 0) is 18.9 Å². The second kappa shape index (κ2) is 10.9. The standard InChI is InChI=1S/C10H21O4/c1-4-11-7-8-12-9-10(13-5-2)14-6-3/h10H,1,4-9H2,2-3H3. The summed E-state index contributed by atoms with van der Waals surface area (Å²) in [5.41, 5.74) is 0. The third-order valence-corrected chi connectivity index (χ3v) is 1.48. The van der Waals surface area contributed by atoms with Gasteiger partial charge in [-0.05, 0) is 20.8 Å². The molecule has 0 aromatic carbocycles. The van der Waals surface area contributed by atoms with E-state index < -0.39 is 0 Å². The number of hydrogen-bond acceptors (Lipinski definition) is 4. The van der Waals surface area contributed by atoms with E-state index in [1.165, 1.54) is 0 Å². The van der Waals surface area contributed by atoms with Gasteiger partial charge >= 0.3 is 0 Å². The van der Waals surface area contributed by atoms with Gasteiger partial charge in [0.1, 0.15) is 0 Å².